The fourth-order valence-electron chi connectivity index (χ4n) is 4.17. The normalized spacial score (nSPS) is 22.2. The predicted octanol–water partition coefficient (Wildman–Crippen LogP) is 5.33. The molecular formula is C23H19BrN2O. The Hall–Kier alpha value is -2.64. The number of allylic oxidation sites excluding steroid dienone is 4. The van der Waals surface area contributed by atoms with Gasteiger partial charge in [-0.2, -0.15) is 5.26 Å². The van der Waals surface area contributed by atoms with Gasteiger partial charge in [0.1, 0.15) is 0 Å². The lowest BCUT2D eigenvalue weighted by molar-refractivity contribution is -0.116. The molecule has 0 saturated heterocycles. The first kappa shape index (κ1) is 17.8. The average molecular weight is 419 g/mol. The van der Waals surface area contributed by atoms with Crippen molar-refractivity contribution in [3.8, 4) is 6.07 Å². The van der Waals surface area contributed by atoms with Crippen LogP contribution in [-0.2, 0) is 4.79 Å². The van der Waals surface area contributed by atoms with E-state index in [1.54, 1.807) is 0 Å². The van der Waals surface area contributed by atoms with Crippen LogP contribution in [0.2, 0.25) is 0 Å². The second-order valence-corrected chi connectivity index (χ2v) is 7.92. The molecule has 2 aliphatic rings. The summed E-state index contributed by atoms with van der Waals surface area (Å²) in [6.07, 6.45) is 1.26. The number of carbonyl (C=O) groups is 1. The molecule has 1 aliphatic heterocycles. The molecule has 0 radical (unpaired) electrons. The number of hydrogen-bond acceptors (Lipinski definition) is 3. The number of rotatable bonds is 2. The van der Waals surface area contributed by atoms with E-state index in [9.17, 15) is 10.1 Å². The van der Waals surface area contributed by atoms with Crippen molar-refractivity contribution in [2.24, 2.45) is 0 Å². The van der Waals surface area contributed by atoms with Gasteiger partial charge in [0.2, 0.25) is 0 Å². The second kappa shape index (κ2) is 7.17. The fourth-order valence-corrected chi connectivity index (χ4v) is 4.68. The Labute approximate surface area is 167 Å². The number of nitrogens with one attached hydrogen (secondary N) is 1. The fraction of sp³-hybridized carbons (Fsp3) is 0.217. The summed E-state index contributed by atoms with van der Waals surface area (Å²) in [6, 6.07) is 20.4. The molecule has 134 valence electrons. The lowest BCUT2D eigenvalue weighted by Crippen LogP contribution is -2.33. The van der Waals surface area contributed by atoms with E-state index in [-0.39, 0.29) is 17.6 Å². The lowest BCUT2D eigenvalue weighted by atomic mass is 9.72. The van der Waals surface area contributed by atoms with E-state index in [0.717, 1.165) is 33.4 Å². The second-order valence-electron chi connectivity index (χ2n) is 7.06. The molecule has 0 aromatic heterocycles. The van der Waals surface area contributed by atoms with Gasteiger partial charge in [0, 0.05) is 27.9 Å². The summed E-state index contributed by atoms with van der Waals surface area (Å²) in [7, 11) is 0. The minimum Gasteiger partial charge on any atom is -0.361 e. The number of nitriles is 1. The number of nitrogens with zero attached hydrogens (tertiary/aromatic N) is 1. The SMILES string of the molecule is CC1=C(C#N)[C@@H](c2ccccc2Br)C2=C(C[C@H](c3ccccc3)CC2=O)N1. The molecule has 4 rings (SSSR count). The third kappa shape index (κ3) is 3.13. The van der Waals surface area contributed by atoms with Crippen molar-refractivity contribution < 1.29 is 4.79 Å². The summed E-state index contributed by atoms with van der Waals surface area (Å²) in [5.41, 5.74) is 5.30. The van der Waals surface area contributed by atoms with Gasteiger partial charge in [-0.1, -0.05) is 64.5 Å². The number of carbonyl (C=O) groups excluding carboxylic acids is 1. The largest absolute Gasteiger partial charge is 0.361 e. The molecule has 0 saturated carbocycles. The Morgan fingerprint density at radius 2 is 1.78 bits per heavy atom. The van der Waals surface area contributed by atoms with E-state index in [1.165, 1.54) is 5.56 Å². The van der Waals surface area contributed by atoms with Crippen LogP contribution in [0.3, 0.4) is 0 Å². The van der Waals surface area contributed by atoms with Crippen LogP contribution in [0, 0.1) is 11.3 Å². The zero-order chi connectivity index (χ0) is 19.0. The van der Waals surface area contributed by atoms with Gasteiger partial charge in [-0.15, -0.1) is 0 Å². The topological polar surface area (TPSA) is 52.9 Å². The quantitative estimate of drug-likeness (QED) is 0.716. The zero-order valence-electron chi connectivity index (χ0n) is 15.0. The van der Waals surface area contributed by atoms with Gasteiger partial charge < -0.3 is 5.32 Å². The average Bonchev–Trinajstić information content (AvgIpc) is 2.68. The number of hydrogen-bond donors (Lipinski definition) is 1. The van der Waals surface area contributed by atoms with E-state index in [0.29, 0.717) is 12.0 Å². The molecule has 4 heteroatoms. The summed E-state index contributed by atoms with van der Waals surface area (Å²) in [4.78, 5) is 13.2. The maximum atomic E-state index is 13.2. The van der Waals surface area contributed by atoms with Gasteiger partial charge in [0.05, 0.1) is 17.6 Å². The molecule has 0 amide bonds. The van der Waals surface area contributed by atoms with Crippen molar-refractivity contribution in [2.45, 2.75) is 31.6 Å². The first-order chi connectivity index (χ1) is 13.1. The minimum atomic E-state index is -0.314. The number of halogens is 1. The summed E-state index contributed by atoms with van der Waals surface area (Å²) in [6.45, 7) is 1.92. The van der Waals surface area contributed by atoms with Crippen LogP contribution in [0.15, 0.2) is 81.6 Å². The first-order valence-electron chi connectivity index (χ1n) is 9.03. The maximum absolute atomic E-state index is 13.2. The van der Waals surface area contributed by atoms with Gasteiger partial charge in [0.15, 0.2) is 5.78 Å². The highest BCUT2D eigenvalue weighted by Crippen LogP contribution is 2.46. The highest BCUT2D eigenvalue weighted by atomic mass is 79.9. The van der Waals surface area contributed by atoms with Crippen LogP contribution in [0.1, 0.15) is 42.7 Å². The zero-order valence-corrected chi connectivity index (χ0v) is 16.6. The highest BCUT2D eigenvalue weighted by molar-refractivity contribution is 9.10. The van der Waals surface area contributed by atoms with Crippen LogP contribution >= 0.6 is 15.9 Å². The molecule has 0 fully saturated rings. The number of dihydropyridines is 1. The van der Waals surface area contributed by atoms with Crippen LogP contribution in [-0.4, -0.2) is 5.78 Å². The molecule has 2 aromatic rings. The van der Waals surface area contributed by atoms with Crippen molar-refractivity contribution in [1.29, 1.82) is 5.26 Å². The number of benzene rings is 2. The summed E-state index contributed by atoms with van der Waals surface area (Å²) >= 11 is 3.61. The molecule has 0 spiro atoms. The van der Waals surface area contributed by atoms with E-state index in [1.807, 2.05) is 49.4 Å². The molecule has 3 nitrogen and oxygen atoms in total. The molecule has 1 aliphatic carbocycles. The molecule has 0 bridgehead atoms. The molecule has 27 heavy (non-hydrogen) atoms. The van der Waals surface area contributed by atoms with Gasteiger partial charge in [0.25, 0.3) is 0 Å². The summed E-state index contributed by atoms with van der Waals surface area (Å²) < 4.78 is 0.919. The molecule has 0 unspecified atom stereocenters. The molecule has 2 aromatic carbocycles. The van der Waals surface area contributed by atoms with E-state index in [2.05, 4.69) is 39.4 Å². The van der Waals surface area contributed by atoms with E-state index in [4.69, 9.17) is 0 Å². The molecular weight excluding hydrogens is 400 g/mol. The van der Waals surface area contributed by atoms with Crippen LogP contribution < -0.4 is 5.32 Å². The summed E-state index contributed by atoms with van der Waals surface area (Å²) in [5, 5.41) is 13.2. The van der Waals surface area contributed by atoms with Gasteiger partial charge in [-0.3, -0.25) is 4.79 Å². The lowest BCUT2D eigenvalue weighted by Gasteiger charge is -2.36. The Balaban J connectivity index is 1.82. The Bertz CT molecular complexity index is 1010. The van der Waals surface area contributed by atoms with Crippen molar-refractivity contribution in [3.05, 3.63) is 92.7 Å². The van der Waals surface area contributed by atoms with Crippen molar-refractivity contribution >= 4 is 21.7 Å². The molecule has 2 atom stereocenters. The maximum Gasteiger partial charge on any atom is 0.162 e. The first-order valence-corrected chi connectivity index (χ1v) is 9.83. The minimum absolute atomic E-state index is 0.124. The van der Waals surface area contributed by atoms with Gasteiger partial charge in [-0.25, -0.2) is 0 Å². The van der Waals surface area contributed by atoms with Gasteiger partial charge in [-0.05, 0) is 36.5 Å². The molecule has 1 N–H and O–H groups in total. The van der Waals surface area contributed by atoms with Crippen molar-refractivity contribution in [3.63, 3.8) is 0 Å². The standard InChI is InChI=1S/C23H19BrN2O/c1-14-18(13-25)22(17-9-5-6-10-19(17)24)23-20(26-14)11-16(12-21(23)27)15-7-3-2-4-8-15/h2-10,16,22,26H,11-12H2,1H3/t16-,22+/m0/s1. The monoisotopic (exact) mass is 418 g/mol. The smallest absolute Gasteiger partial charge is 0.162 e. The predicted molar refractivity (Wildman–Crippen MR) is 109 cm³/mol. The number of ketones is 1. The number of Topliss-reactive ketones (excluding diaryl/α,β-unsaturated/α-hetero) is 1. The van der Waals surface area contributed by atoms with E-state index >= 15 is 0 Å². The van der Waals surface area contributed by atoms with Gasteiger partial charge >= 0.3 is 0 Å². The van der Waals surface area contributed by atoms with E-state index < -0.39 is 0 Å². The van der Waals surface area contributed by atoms with Crippen LogP contribution in [0.4, 0.5) is 0 Å². The van der Waals surface area contributed by atoms with Crippen molar-refractivity contribution in [2.75, 3.05) is 0 Å². The van der Waals surface area contributed by atoms with Crippen LogP contribution in [0.25, 0.3) is 0 Å². The Kier molecular flexibility index (Phi) is 4.72. The molecule has 1 heterocycles. The van der Waals surface area contributed by atoms with Crippen molar-refractivity contribution in [1.82, 2.24) is 5.32 Å². The van der Waals surface area contributed by atoms with Crippen LogP contribution in [0.5, 0.6) is 0 Å². The Morgan fingerprint density at radius 1 is 1.07 bits per heavy atom. The summed E-state index contributed by atoms with van der Waals surface area (Å²) in [5.74, 6) is -0.0223. The third-order valence-corrected chi connectivity index (χ3v) is 6.16. The third-order valence-electron chi connectivity index (χ3n) is 5.44. The Morgan fingerprint density at radius 3 is 2.48 bits per heavy atom. The highest BCUT2D eigenvalue weighted by Gasteiger charge is 2.39.